The predicted octanol–water partition coefficient (Wildman–Crippen LogP) is 5.22. The van der Waals surface area contributed by atoms with Crippen LogP contribution in [-0.4, -0.2) is 29.7 Å². The van der Waals surface area contributed by atoms with E-state index in [4.69, 9.17) is 4.74 Å². The van der Waals surface area contributed by atoms with Gasteiger partial charge in [0.05, 0.1) is 0 Å². The molecule has 2 aliphatic rings. The van der Waals surface area contributed by atoms with Gasteiger partial charge in [0.1, 0.15) is 5.60 Å². The van der Waals surface area contributed by atoms with Gasteiger partial charge in [-0.05, 0) is 69.8 Å². The van der Waals surface area contributed by atoms with Crippen molar-refractivity contribution in [3.8, 4) is 0 Å². The first-order chi connectivity index (χ1) is 11.4. The molecular formula is C21H31NO2. The fourth-order valence-electron chi connectivity index (χ4n) is 3.86. The molecule has 1 saturated carbocycles. The van der Waals surface area contributed by atoms with Crippen molar-refractivity contribution in [3.05, 3.63) is 35.9 Å². The minimum atomic E-state index is -0.396. The normalized spacial score (nSPS) is 24.7. The largest absolute Gasteiger partial charge is 0.444 e. The lowest BCUT2D eigenvalue weighted by Gasteiger charge is -2.33. The highest BCUT2D eigenvalue weighted by molar-refractivity contribution is 5.68. The SMILES string of the molecule is CC(C)(C)OC(=O)N1CCC(CC[C@@H]2CC2c2ccccc2)CC1. The summed E-state index contributed by atoms with van der Waals surface area (Å²) in [5, 5.41) is 0. The van der Waals surface area contributed by atoms with Crippen LogP contribution in [0.15, 0.2) is 30.3 Å². The number of rotatable bonds is 4. The van der Waals surface area contributed by atoms with E-state index in [1.54, 1.807) is 0 Å². The van der Waals surface area contributed by atoms with Crippen LogP contribution in [0.2, 0.25) is 0 Å². The maximum absolute atomic E-state index is 12.1. The number of benzene rings is 1. The summed E-state index contributed by atoms with van der Waals surface area (Å²) in [5.41, 5.74) is 1.12. The second-order valence-electron chi connectivity index (χ2n) is 8.50. The van der Waals surface area contributed by atoms with Crippen molar-refractivity contribution in [1.82, 2.24) is 4.90 Å². The Kier molecular flexibility index (Phi) is 5.17. The molecule has 1 aliphatic heterocycles. The van der Waals surface area contributed by atoms with Gasteiger partial charge in [0.2, 0.25) is 0 Å². The number of hydrogen-bond donors (Lipinski definition) is 0. The van der Waals surface area contributed by atoms with E-state index in [-0.39, 0.29) is 6.09 Å². The first kappa shape index (κ1) is 17.3. The summed E-state index contributed by atoms with van der Waals surface area (Å²) in [7, 11) is 0. The molecule has 3 nitrogen and oxygen atoms in total. The number of carbonyl (C=O) groups is 1. The summed E-state index contributed by atoms with van der Waals surface area (Å²) < 4.78 is 5.47. The van der Waals surface area contributed by atoms with Gasteiger partial charge in [-0.2, -0.15) is 0 Å². The van der Waals surface area contributed by atoms with Crippen molar-refractivity contribution >= 4 is 6.09 Å². The van der Waals surface area contributed by atoms with E-state index in [1.165, 1.54) is 24.8 Å². The Labute approximate surface area is 146 Å². The Bertz CT molecular complexity index is 541. The van der Waals surface area contributed by atoms with Gasteiger partial charge in [-0.1, -0.05) is 36.8 Å². The third-order valence-corrected chi connectivity index (χ3v) is 5.36. The fourth-order valence-corrected chi connectivity index (χ4v) is 3.86. The monoisotopic (exact) mass is 329 g/mol. The number of amides is 1. The molecule has 1 unspecified atom stereocenters. The number of nitrogens with zero attached hydrogens (tertiary/aromatic N) is 1. The molecule has 0 radical (unpaired) electrons. The summed E-state index contributed by atoms with van der Waals surface area (Å²) >= 11 is 0. The highest BCUT2D eigenvalue weighted by atomic mass is 16.6. The summed E-state index contributed by atoms with van der Waals surface area (Å²) in [4.78, 5) is 14.0. The van der Waals surface area contributed by atoms with Gasteiger partial charge >= 0.3 is 6.09 Å². The number of likely N-dealkylation sites (tertiary alicyclic amines) is 1. The molecule has 1 aromatic rings. The Morgan fingerprint density at radius 3 is 2.42 bits per heavy atom. The first-order valence-corrected chi connectivity index (χ1v) is 9.45. The zero-order chi connectivity index (χ0) is 17.2. The molecule has 0 N–H and O–H groups in total. The van der Waals surface area contributed by atoms with Crippen LogP contribution in [0, 0.1) is 11.8 Å². The van der Waals surface area contributed by atoms with Crippen molar-refractivity contribution in [2.45, 2.75) is 64.4 Å². The molecule has 3 rings (SSSR count). The van der Waals surface area contributed by atoms with Gasteiger partial charge in [-0.15, -0.1) is 0 Å². The van der Waals surface area contributed by atoms with E-state index in [0.717, 1.165) is 43.7 Å². The highest BCUT2D eigenvalue weighted by Gasteiger charge is 2.38. The van der Waals surface area contributed by atoms with Crippen LogP contribution in [-0.2, 0) is 4.74 Å². The lowest BCUT2D eigenvalue weighted by atomic mass is 9.91. The molecule has 1 heterocycles. The van der Waals surface area contributed by atoms with E-state index in [2.05, 4.69) is 30.3 Å². The van der Waals surface area contributed by atoms with E-state index in [0.29, 0.717) is 0 Å². The van der Waals surface area contributed by atoms with Crippen molar-refractivity contribution in [2.75, 3.05) is 13.1 Å². The average Bonchev–Trinajstić information content (AvgIpc) is 3.32. The molecule has 0 spiro atoms. The van der Waals surface area contributed by atoms with Crippen molar-refractivity contribution in [2.24, 2.45) is 11.8 Å². The zero-order valence-corrected chi connectivity index (χ0v) is 15.3. The maximum Gasteiger partial charge on any atom is 0.410 e. The van der Waals surface area contributed by atoms with Crippen LogP contribution < -0.4 is 0 Å². The molecule has 24 heavy (non-hydrogen) atoms. The molecular weight excluding hydrogens is 298 g/mol. The van der Waals surface area contributed by atoms with Crippen molar-refractivity contribution in [3.63, 3.8) is 0 Å². The molecule has 1 amide bonds. The van der Waals surface area contributed by atoms with Gasteiger partial charge in [0.25, 0.3) is 0 Å². The molecule has 1 aromatic carbocycles. The van der Waals surface area contributed by atoms with E-state index >= 15 is 0 Å². The Balaban J connectivity index is 1.36. The second kappa shape index (κ2) is 7.16. The molecule has 0 aromatic heterocycles. The van der Waals surface area contributed by atoms with Gasteiger partial charge in [-0.3, -0.25) is 0 Å². The third kappa shape index (κ3) is 4.75. The Morgan fingerprint density at radius 2 is 1.79 bits per heavy atom. The van der Waals surface area contributed by atoms with Crippen LogP contribution in [0.4, 0.5) is 4.79 Å². The summed E-state index contributed by atoms with van der Waals surface area (Å²) in [6.45, 7) is 7.49. The minimum absolute atomic E-state index is 0.146. The first-order valence-electron chi connectivity index (χ1n) is 9.45. The topological polar surface area (TPSA) is 29.5 Å². The quantitative estimate of drug-likeness (QED) is 0.758. The summed E-state index contributed by atoms with van der Waals surface area (Å²) in [6, 6.07) is 10.9. The van der Waals surface area contributed by atoms with Gasteiger partial charge in [0, 0.05) is 13.1 Å². The molecule has 1 saturated heterocycles. The minimum Gasteiger partial charge on any atom is -0.444 e. The zero-order valence-electron chi connectivity index (χ0n) is 15.3. The summed E-state index contributed by atoms with van der Waals surface area (Å²) in [5.74, 6) is 2.46. The number of hydrogen-bond acceptors (Lipinski definition) is 2. The van der Waals surface area contributed by atoms with Gasteiger partial charge in [-0.25, -0.2) is 4.79 Å². The molecule has 0 bridgehead atoms. The molecule has 1 aliphatic carbocycles. The highest BCUT2D eigenvalue weighted by Crippen LogP contribution is 2.50. The fraction of sp³-hybridized carbons (Fsp3) is 0.667. The standard InChI is InChI=1S/C21H31NO2/c1-21(2,3)24-20(23)22-13-11-16(12-14-22)9-10-18-15-19(18)17-7-5-4-6-8-17/h4-8,16,18-19H,9-15H2,1-3H3/t18-,19?/m1/s1. The number of ether oxygens (including phenoxy) is 1. The van der Waals surface area contributed by atoms with Gasteiger partial charge in [0.15, 0.2) is 0 Å². The van der Waals surface area contributed by atoms with Crippen molar-refractivity contribution < 1.29 is 9.53 Å². The van der Waals surface area contributed by atoms with Crippen LogP contribution in [0.5, 0.6) is 0 Å². The van der Waals surface area contributed by atoms with E-state index < -0.39 is 5.60 Å². The van der Waals surface area contributed by atoms with Crippen LogP contribution >= 0.6 is 0 Å². The molecule has 2 atom stereocenters. The van der Waals surface area contributed by atoms with E-state index in [9.17, 15) is 4.79 Å². The predicted molar refractivity (Wildman–Crippen MR) is 97.1 cm³/mol. The summed E-state index contributed by atoms with van der Waals surface area (Å²) in [6.07, 6.45) is 6.13. The Hall–Kier alpha value is -1.51. The molecule has 3 heteroatoms. The van der Waals surface area contributed by atoms with Crippen LogP contribution in [0.3, 0.4) is 0 Å². The van der Waals surface area contributed by atoms with Crippen LogP contribution in [0.25, 0.3) is 0 Å². The van der Waals surface area contributed by atoms with Crippen LogP contribution in [0.1, 0.15) is 64.4 Å². The number of carbonyl (C=O) groups excluding carboxylic acids is 1. The molecule has 2 fully saturated rings. The second-order valence-corrected chi connectivity index (χ2v) is 8.50. The van der Waals surface area contributed by atoms with E-state index in [1.807, 2.05) is 25.7 Å². The number of piperidine rings is 1. The van der Waals surface area contributed by atoms with Crippen molar-refractivity contribution in [1.29, 1.82) is 0 Å². The maximum atomic E-state index is 12.1. The Morgan fingerprint density at radius 1 is 1.12 bits per heavy atom. The lowest BCUT2D eigenvalue weighted by molar-refractivity contribution is 0.0180. The lowest BCUT2D eigenvalue weighted by Crippen LogP contribution is -2.41. The molecule has 132 valence electrons. The van der Waals surface area contributed by atoms with Gasteiger partial charge < -0.3 is 9.64 Å². The third-order valence-electron chi connectivity index (χ3n) is 5.36. The smallest absolute Gasteiger partial charge is 0.410 e. The average molecular weight is 329 g/mol.